The molecule has 0 aliphatic carbocycles. The van der Waals surface area contributed by atoms with E-state index in [-0.39, 0.29) is 5.91 Å². The summed E-state index contributed by atoms with van der Waals surface area (Å²) in [5.74, 6) is 1.23. The Morgan fingerprint density at radius 3 is 2.50 bits per heavy atom. The highest BCUT2D eigenvalue weighted by atomic mass is 16.5. The lowest BCUT2D eigenvalue weighted by Crippen LogP contribution is -2.05. The van der Waals surface area contributed by atoms with Gasteiger partial charge in [-0.15, -0.1) is 0 Å². The molecule has 0 radical (unpaired) electrons. The third kappa shape index (κ3) is 3.44. The van der Waals surface area contributed by atoms with E-state index < -0.39 is 0 Å². The molecule has 3 aromatic carbocycles. The molecule has 0 aliphatic heterocycles. The number of benzene rings is 3. The van der Waals surface area contributed by atoms with Gasteiger partial charge in [-0.05, 0) is 48.5 Å². The third-order valence-corrected chi connectivity index (χ3v) is 4.52. The van der Waals surface area contributed by atoms with Gasteiger partial charge in [0, 0.05) is 29.3 Å². The molecule has 7 heteroatoms. The molecular formula is C23H16N4O3. The predicted octanol–water partition coefficient (Wildman–Crippen LogP) is 5.17. The number of anilines is 1. The van der Waals surface area contributed by atoms with E-state index >= 15 is 0 Å². The fraction of sp³-hybridized carbons (Fsp3) is 0.0435. The minimum Gasteiger partial charge on any atom is -0.436 e. The van der Waals surface area contributed by atoms with E-state index in [4.69, 9.17) is 8.94 Å². The van der Waals surface area contributed by atoms with Crippen LogP contribution in [0, 0.1) is 0 Å². The van der Waals surface area contributed by atoms with Crippen LogP contribution in [-0.4, -0.2) is 21.0 Å². The molecule has 2 heterocycles. The average Bonchev–Trinajstić information content (AvgIpc) is 3.41. The highest BCUT2D eigenvalue weighted by molar-refractivity contribution is 5.89. The van der Waals surface area contributed by atoms with E-state index in [1.165, 1.54) is 6.92 Å². The number of carbonyl (C=O) groups excluding carboxylic acids is 1. The molecule has 1 N–H and O–H groups in total. The largest absolute Gasteiger partial charge is 0.436 e. The number of nitrogens with one attached hydrogen (secondary N) is 1. The topological polar surface area (TPSA) is 94.1 Å². The average molecular weight is 396 g/mol. The molecule has 0 bridgehead atoms. The van der Waals surface area contributed by atoms with Crippen molar-refractivity contribution in [3.63, 3.8) is 0 Å². The molecule has 146 valence electrons. The lowest BCUT2D eigenvalue weighted by Gasteiger charge is -2.02. The number of nitrogens with zero attached hydrogens (tertiary/aromatic N) is 3. The zero-order chi connectivity index (χ0) is 20.5. The van der Waals surface area contributed by atoms with Gasteiger partial charge in [0.15, 0.2) is 5.58 Å². The van der Waals surface area contributed by atoms with Crippen molar-refractivity contribution >= 4 is 22.7 Å². The van der Waals surface area contributed by atoms with Crippen molar-refractivity contribution in [2.75, 3.05) is 5.32 Å². The SMILES string of the molecule is CC(=O)Nc1cccc(-c2nc(-c3ccc4oc(-c5ccccc5)nc4c3)no2)c1. The summed E-state index contributed by atoms with van der Waals surface area (Å²) in [7, 11) is 0. The lowest BCUT2D eigenvalue weighted by atomic mass is 10.2. The molecule has 1 amide bonds. The second-order valence-corrected chi connectivity index (χ2v) is 6.75. The maximum Gasteiger partial charge on any atom is 0.258 e. The Bertz CT molecular complexity index is 1360. The first-order chi connectivity index (χ1) is 14.7. The van der Waals surface area contributed by atoms with Crippen molar-refractivity contribution < 1.29 is 13.7 Å². The Morgan fingerprint density at radius 2 is 1.67 bits per heavy atom. The summed E-state index contributed by atoms with van der Waals surface area (Å²) in [6.45, 7) is 1.46. The molecule has 0 aliphatic rings. The molecule has 0 spiro atoms. The second kappa shape index (κ2) is 7.29. The maximum atomic E-state index is 11.3. The van der Waals surface area contributed by atoms with Gasteiger partial charge in [-0.3, -0.25) is 4.79 Å². The van der Waals surface area contributed by atoms with E-state index in [0.29, 0.717) is 40.0 Å². The smallest absolute Gasteiger partial charge is 0.258 e. The molecule has 0 fully saturated rings. The number of carbonyl (C=O) groups is 1. The van der Waals surface area contributed by atoms with Crippen LogP contribution < -0.4 is 5.32 Å². The molecule has 2 aromatic heterocycles. The lowest BCUT2D eigenvalue weighted by molar-refractivity contribution is -0.114. The number of hydrogen-bond donors (Lipinski definition) is 1. The van der Waals surface area contributed by atoms with Gasteiger partial charge in [0.25, 0.3) is 5.89 Å². The Morgan fingerprint density at radius 1 is 0.833 bits per heavy atom. The van der Waals surface area contributed by atoms with Gasteiger partial charge in [0.2, 0.25) is 17.6 Å². The minimum absolute atomic E-state index is 0.144. The van der Waals surface area contributed by atoms with E-state index in [1.54, 1.807) is 12.1 Å². The van der Waals surface area contributed by atoms with Gasteiger partial charge in [0.1, 0.15) is 5.52 Å². The number of amides is 1. The Hall–Kier alpha value is -4.26. The number of oxazole rings is 1. The normalized spacial score (nSPS) is 11.0. The minimum atomic E-state index is -0.144. The molecule has 0 saturated heterocycles. The predicted molar refractivity (Wildman–Crippen MR) is 112 cm³/mol. The van der Waals surface area contributed by atoms with Crippen LogP contribution in [0.5, 0.6) is 0 Å². The fourth-order valence-corrected chi connectivity index (χ4v) is 3.16. The van der Waals surface area contributed by atoms with Crippen LogP contribution in [-0.2, 0) is 4.79 Å². The summed E-state index contributed by atoms with van der Waals surface area (Å²) < 4.78 is 11.3. The molecule has 0 unspecified atom stereocenters. The van der Waals surface area contributed by atoms with Crippen molar-refractivity contribution in [3.8, 4) is 34.3 Å². The van der Waals surface area contributed by atoms with Gasteiger partial charge < -0.3 is 14.3 Å². The van der Waals surface area contributed by atoms with Crippen LogP contribution in [0.4, 0.5) is 5.69 Å². The van der Waals surface area contributed by atoms with Crippen LogP contribution in [0.2, 0.25) is 0 Å². The van der Waals surface area contributed by atoms with E-state index in [2.05, 4.69) is 20.4 Å². The molecular weight excluding hydrogens is 380 g/mol. The van der Waals surface area contributed by atoms with Crippen molar-refractivity contribution in [1.82, 2.24) is 15.1 Å². The van der Waals surface area contributed by atoms with E-state index in [1.807, 2.05) is 60.7 Å². The highest BCUT2D eigenvalue weighted by Crippen LogP contribution is 2.29. The monoisotopic (exact) mass is 396 g/mol. The molecule has 30 heavy (non-hydrogen) atoms. The first-order valence-electron chi connectivity index (χ1n) is 9.34. The summed E-state index contributed by atoms with van der Waals surface area (Å²) in [5.41, 5.74) is 4.46. The molecule has 5 aromatic rings. The molecule has 0 atom stereocenters. The van der Waals surface area contributed by atoms with Crippen LogP contribution >= 0.6 is 0 Å². The second-order valence-electron chi connectivity index (χ2n) is 6.75. The number of fused-ring (bicyclic) bond motifs is 1. The van der Waals surface area contributed by atoms with Crippen molar-refractivity contribution in [2.45, 2.75) is 6.92 Å². The first-order valence-corrected chi connectivity index (χ1v) is 9.34. The van der Waals surface area contributed by atoms with Gasteiger partial charge >= 0.3 is 0 Å². The Kier molecular flexibility index (Phi) is 4.33. The molecule has 5 rings (SSSR count). The summed E-state index contributed by atoms with van der Waals surface area (Å²) in [6, 6.07) is 22.6. The van der Waals surface area contributed by atoms with Crippen LogP contribution in [0.1, 0.15) is 6.92 Å². The van der Waals surface area contributed by atoms with Crippen LogP contribution in [0.25, 0.3) is 45.4 Å². The summed E-state index contributed by atoms with van der Waals surface area (Å²) in [5, 5.41) is 6.84. The maximum absolute atomic E-state index is 11.3. The summed E-state index contributed by atoms with van der Waals surface area (Å²) in [4.78, 5) is 20.3. The van der Waals surface area contributed by atoms with Crippen molar-refractivity contribution in [3.05, 3.63) is 72.8 Å². The highest BCUT2D eigenvalue weighted by Gasteiger charge is 2.14. The summed E-state index contributed by atoms with van der Waals surface area (Å²) in [6.07, 6.45) is 0. The van der Waals surface area contributed by atoms with Gasteiger partial charge in [-0.2, -0.15) is 4.98 Å². The first kappa shape index (κ1) is 17.8. The van der Waals surface area contributed by atoms with E-state index in [9.17, 15) is 4.79 Å². The van der Waals surface area contributed by atoms with Crippen LogP contribution in [0.3, 0.4) is 0 Å². The number of rotatable bonds is 4. The van der Waals surface area contributed by atoms with Crippen molar-refractivity contribution in [2.24, 2.45) is 0 Å². The zero-order valence-corrected chi connectivity index (χ0v) is 16.0. The summed E-state index contributed by atoms with van der Waals surface area (Å²) >= 11 is 0. The number of hydrogen-bond acceptors (Lipinski definition) is 6. The Balaban J connectivity index is 1.47. The quantitative estimate of drug-likeness (QED) is 0.450. The third-order valence-electron chi connectivity index (χ3n) is 4.52. The van der Waals surface area contributed by atoms with Gasteiger partial charge in [-0.25, -0.2) is 4.98 Å². The van der Waals surface area contributed by atoms with Crippen molar-refractivity contribution in [1.29, 1.82) is 0 Å². The fourth-order valence-electron chi connectivity index (χ4n) is 3.16. The standard InChI is InChI=1S/C23H16N4O3/c1-14(28)24-18-9-5-8-17(12-18)23-26-21(27-30-23)16-10-11-20-19(13-16)25-22(29-20)15-6-3-2-4-7-15/h2-13H,1H3,(H,24,28). The molecule has 0 saturated carbocycles. The molecule has 7 nitrogen and oxygen atoms in total. The van der Waals surface area contributed by atoms with Gasteiger partial charge in [0.05, 0.1) is 0 Å². The van der Waals surface area contributed by atoms with E-state index in [0.717, 1.165) is 11.1 Å². The van der Waals surface area contributed by atoms with Gasteiger partial charge in [-0.1, -0.05) is 29.4 Å². The zero-order valence-electron chi connectivity index (χ0n) is 16.0. The Labute approximate surface area is 171 Å². The van der Waals surface area contributed by atoms with Crippen LogP contribution in [0.15, 0.2) is 81.7 Å². The number of aromatic nitrogens is 3.